The molecule has 1 N–H and O–H groups in total. The Kier molecular flexibility index (Phi) is 9.41. The number of hydrazone groups is 1. The van der Waals surface area contributed by atoms with Crippen LogP contribution >= 0.6 is 27.5 Å². The highest BCUT2D eigenvalue weighted by molar-refractivity contribution is 9.10. The molecule has 42 heavy (non-hydrogen) atoms. The van der Waals surface area contributed by atoms with Crippen molar-refractivity contribution in [3.8, 4) is 28.4 Å². The molecule has 0 unspecified atom stereocenters. The number of aryl methyl sites for hydroxylation is 1. The maximum Gasteiger partial charge on any atom is 0.271 e. The number of halogens is 2. The molecule has 0 spiro atoms. The number of carbonyl (C=O) groups excluding carboxylic acids is 1. The summed E-state index contributed by atoms with van der Waals surface area (Å²) in [7, 11) is 0. The fourth-order valence-electron chi connectivity index (χ4n) is 4.54. The smallest absolute Gasteiger partial charge is 0.271 e. The van der Waals surface area contributed by atoms with Crippen LogP contribution in [0.1, 0.15) is 34.1 Å². The van der Waals surface area contributed by atoms with Gasteiger partial charge in [-0.1, -0.05) is 60.1 Å². The number of nitrogens with one attached hydrogen (secondary N) is 1. The van der Waals surface area contributed by atoms with Crippen LogP contribution in [0.2, 0.25) is 5.02 Å². The minimum Gasteiger partial charge on any atom is -0.490 e. The van der Waals surface area contributed by atoms with Crippen LogP contribution in [0.25, 0.3) is 16.9 Å². The summed E-state index contributed by atoms with van der Waals surface area (Å²) in [5, 5.41) is 4.81. The van der Waals surface area contributed by atoms with E-state index in [2.05, 4.69) is 62.2 Å². The Hall–Kier alpha value is -4.33. The molecular weight excluding hydrogens is 614 g/mol. The Balaban J connectivity index is 1.27. The van der Waals surface area contributed by atoms with Gasteiger partial charge in [0.2, 0.25) is 0 Å². The van der Waals surface area contributed by atoms with Gasteiger partial charge in [0, 0.05) is 27.5 Å². The average Bonchev–Trinajstić information content (AvgIpc) is 3.39. The van der Waals surface area contributed by atoms with Crippen molar-refractivity contribution in [3.63, 3.8) is 0 Å². The van der Waals surface area contributed by atoms with Crippen LogP contribution in [0.4, 0.5) is 0 Å². The molecule has 0 aliphatic carbocycles. The Morgan fingerprint density at radius 1 is 0.952 bits per heavy atom. The van der Waals surface area contributed by atoms with Crippen molar-refractivity contribution < 1.29 is 14.3 Å². The molecule has 0 bridgehead atoms. The summed E-state index contributed by atoms with van der Waals surface area (Å²) in [6.45, 7) is 4.71. The highest BCUT2D eigenvalue weighted by Gasteiger charge is 2.14. The zero-order valence-corrected chi connectivity index (χ0v) is 25.5. The second-order valence-electron chi connectivity index (χ2n) is 9.45. The first-order valence-electron chi connectivity index (χ1n) is 13.4. The summed E-state index contributed by atoms with van der Waals surface area (Å²) >= 11 is 9.85. The number of ether oxygens (including phenoxy) is 2. The largest absolute Gasteiger partial charge is 0.490 e. The second kappa shape index (κ2) is 13.6. The van der Waals surface area contributed by atoms with E-state index in [0.29, 0.717) is 33.2 Å². The predicted molar refractivity (Wildman–Crippen MR) is 172 cm³/mol. The molecule has 1 heterocycles. The molecule has 6 nitrogen and oxygen atoms in total. The molecule has 1 aromatic heterocycles. The number of hydrogen-bond acceptors (Lipinski definition) is 4. The first-order valence-corrected chi connectivity index (χ1v) is 14.6. The zero-order chi connectivity index (χ0) is 29.5. The van der Waals surface area contributed by atoms with Gasteiger partial charge in [0.1, 0.15) is 6.61 Å². The quantitative estimate of drug-likeness (QED) is 0.123. The lowest BCUT2D eigenvalue weighted by molar-refractivity contribution is 0.0955. The van der Waals surface area contributed by atoms with Crippen molar-refractivity contribution >= 4 is 39.7 Å². The van der Waals surface area contributed by atoms with E-state index >= 15 is 0 Å². The molecule has 0 aliphatic rings. The van der Waals surface area contributed by atoms with Crippen molar-refractivity contribution in [3.05, 3.63) is 135 Å². The number of hydrogen-bond donors (Lipinski definition) is 1. The summed E-state index contributed by atoms with van der Waals surface area (Å²) in [4.78, 5) is 12.8. The maximum atomic E-state index is 12.8. The van der Waals surface area contributed by atoms with Crippen LogP contribution < -0.4 is 14.9 Å². The molecular formula is C34H29BrClN3O3. The third-order valence-electron chi connectivity index (χ3n) is 6.57. The van der Waals surface area contributed by atoms with E-state index in [1.165, 1.54) is 0 Å². The number of rotatable bonds is 10. The number of amides is 1. The van der Waals surface area contributed by atoms with Crippen molar-refractivity contribution in [2.75, 3.05) is 6.61 Å². The number of benzene rings is 4. The normalized spacial score (nSPS) is 11.0. The highest BCUT2D eigenvalue weighted by atomic mass is 79.9. The maximum absolute atomic E-state index is 12.8. The van der Waals surface area contributed by atoms with E-state index < -0.39 is 0 Å². The number of aromatic nitrogens is 1. The molecule has 0 saturated heterocycles. The second-order valence-corrected chi connectivity index (χ2v) is 10.7. The van der Waals surface area contributed by atoms with Crippen LogP contribution in [-0.4, -0.2) is 23.3 Å². The van der Waals surface area contributed by atoms with Gasteiger partial charge in [-0.3, -0.25) is 4.79 Å². The molecule has 0 saturated carbocycles. The predicted octanol–water partition coefficient (Wildman–Crippen LogP) is 8.61. The number of carbonyl (C=O) groups is 1. The van der Waals surface area contributed by atoms with Crippen LogP contribution in [0.3, 0.4) is 0 Å². The molecule has 212 valence electrons. The lowest BCUT2D eigenvalue weighted by Crippen LogP contribution is -2.17. The summed E-state index contributed by atoms with van der Waals surface area (Å²) in [6, 6.07) is 33.1. The molecule has 0 fully saturated rings. The van der Waals surface area contributed by atoms with Gasteiger partial charge in [-0.2, -0.15) is 5.10 Å². The molecule has 0 aliphatic heterocycles. The SMILES string of the molecule is CCOc1cc(/C=N/NC(=O)c2ccc(-n3c(C)ccc3-c3ccccc3)cc2)cc(Br)c1OCc1ccccc1Cl. The van der Waals surface area contributed by atoms with Gasteiger partial charge in [0.25, 0.3) is 5.91 Å². The van der Waals surface area contributed by atoms with E-state index in [9.17, 15) is 4.79 Å². The fourth-order valence-corrected chi connectivity index (χ4v) is 5.30. The molecule has 1 amide bonds. The molecule has 0 atom stereocenters. The van der Waals surface area contributed by atoms with Gasteiger partial charge in [-0.05, 0) is 95.5 Å². The lowest BCUT2D eigenvalue weighted by atomic mass is 10.1. The Morgan fingerprint density at radius 2 is 1.69 bits per heavy atom. The van der Waals surface area contributed by atoms with Crippen molar-refractivity contribution in [2.24, 2.45) is 5.10 Å². The van der Waals surface area contributed by atoms with E-state index in [-0.39, 0.29) is 12.5 Å². The summed E-state index contributed by atoms with van der Waals surface area (Å²) in [6.07, 6.45) is 1.56. The fraction of sp³-hybridized carbons (Fsp3) is 0.118. The van der Waals surface area contributed by atoms with E-state index in [0.717, 1.165) is 33.8 Å². The summed E-state index contributed by atoms with van der Waals surface area (Å²) in [5.41, 5.74) is 9.00. The average molecular weight is 643 g/mol. The Bertz CT molecular complexity index is 1720. The van der Waals surface area contributed by atoms with Crippen molar-refractivity contribution in [1.82, 2.24) is 9.99 Å². The van der Waals surface area contributed by atoms with Gasteiger partial charge in [-0.25, -0.2) is 5.43 Å². The van der Waals surface area contributed by atoms with Crippen LogP contribution in [0, 0.1) is 6.92 Å². The number of nitrogens with zero attached hydrogens (tertiary/aromatic N) is 2. The third-order valence-corrected chi connectivity index (χ3v) is 7.53. The van der Waals surface area contributed by atoms with Gasteiger partial charge >= 0.3 is 0 Å². The van der Waals surface area contributed by atoms with E-state index in [1.54, 1.807) is 18.3 Å². The van der Waals surface area contributed by atoms with Crippen LogP contribution in [0.15, 0.2) is 113 Å². The topological polar surface area (TPSA) is 64.8 Å². The monoisotopic (exact) mass is 641 g/mol. The summed E-state index contributed by atoms with van der Waals surface area (Å²) in [5.74, 6) is 0.804. The van der Waals surface area contributed by atoms with Gasteiger partial charge in [-0.15, -0.1) is 0 Å². The van der Waals surface area contributed by atoms with Gasteiger partial charge in [0.15, 0.2) is 11.5 Å². The first-order chi connectivity index (χ1) is 20.4. The third kappa shape index (κ3) is 6.75. The molecule has 0 radical (unpaired) electrons. The molecule has 5 rings (SSSR count). The Labute approximate surface area is 258 Å². The first kappa shape index (κ1) is 29.2. The van der Waals surface area contributed by atoms with Gasteiger partial charge in [0.05, 0.1) is 23.0 Å². The molecule has 8 heteroatoms. The zero-order valence-electron chi connectivity index (χ0n) is 23.2. The molecule has 4 aromatic carbocycles. The summed E-state index contributed by atoms with van der Waals surface area (Å²) < 4.78 is 14.7. The van der Waals surface area contributed by atoms with Crippen molar-refractivity contribution in [1.29, 1.82) is 0 Å². The van der Waals surface area contributed by atoms with E-state index in [1.807, 2.05) is 73.7 Å². The van der Waals surface area contributed by atoms with E-state index in [4.69, 9.17) is 21.1 Å². The molecule has 5 aromatic rings. The highest BCUT2D eigenvalue weighted by Crippen LogP contribution is 2.37. The van der Waals surface area contributed by atoms with Crippen molar-refractivity contribution in [2.45, 2.75) is 20.5 Å². The Morgan fingerprint density at radius 3 is 2.43 bits per heavy atom. The van der Waals surface area contributed by atoms with Crippen LogP contribution in [0.5, 0.6) is 11.5 Å². The lowest BCUT2D eigenvalue weighted by Gasteiger charge is -2.15. The standard InChI is InChI=1S/C34H29BrClN3O3/c1-3-41-32-20-24(19-29(35)33(32)42-22-27-11-7-8-12-30(27)36)21-37-38-34(40)26-14-16-28(17-15-26)39-23(2)13-18-31(39)25-9-5-4-6-10-25/h4-21H,3,22H2,1-2H3,(H,38,40)/b37-21+. The van der Waals surface area contributed by atoms with Gasteiger partial charge < -0.3 is 14.0 Å². The minimum atomic E-state index is -0.311. The van der Waals surface area contributed by atoms with Crippen LogP contribution in [-0.2, 0) is 6.61 Å². The minimum absolute atomic E-state index is 0.290.